The molecule has 2 nitrogen and oxygen atoms in total. The van der Waals surface area contributed by atoms with E-state index in [4.69, 9.17) is 0 Å². The highest BCUT2D eigenvalue weighted by molar-refractivity contribution is 9.10. The van der Waals surface area contributed by atoms with E-state index in [1.54, 1.807) is 0 Å². The van der Waals surface area contributed by atoms with E-state index in [0.717, 1.165) is 23.9 Å². The molecule has 3 atom stereocenters. The smallest absolute Gasteiger partial charge is 0.223 e. The van der Waals surface area contributed by atoms with Gasteiger partial charge in [-0.05, 0) is 48.6 Å². The molecule has 122 valence electrons. The lowest BCUT2D eigenvalue weighted by molar-refractivity contribution is -0.129. The Morgan fingerprint density at radius 3 is 2.73 bits per heavy atom. The van der Waals surface area contributed by atoms with Crippen LogP contribution in [-0.4, -0.2) is 12.5 Å². The molecule has 0 heterocycles. The highest BCUT2D eigenvalue weighted by Gasteiger charge is 2.35. The van der Waals surface area contributed by atoms with E-state index in [2.05, 4.69) is 54.2 Å². The maximum Gasteiger partial charge on any atom is 0.223 e. The van der Waals surface area contributed by atoms with Crippen LogP contribution < -0.4 is 5.32 Å². The number of carbonyl (C=O) groups is 1. The molecule has 1 aromatic carbocycles. The number of nitrogens with one attached hydrogen (secondary N) is 1. The number of hydrogen-bond acceptors (Lipinski definition) is 1. The van der Waals surface area contributed by atoms with Crippen molar-refractivity contribution in [3.8, 4) is 0 Å². The number of carbonyl (C=O) groups excluding carboxylic acids is 1. The molecule has 1 aliphatic carbocycles. The van der Waals surface area contributed by atoms with Gasteiger partial charge < -0.3 is 5.32 Å². The van der Waals surface area contributed by atoms with Gasteiger partial charge in [0.15, 0.2) is 0 Å². The summed E-state index contributed by atoms with van der Waals surface area (Å²) in [6.07, 6.45) is 4.39. The summed E-state index contributed by atoms with van der Waals surface area (Å²) in [4.78, 5) is 12.6. The van der Waals surface area contributed by atoms with Gasteiger partial charge in [-0.2, -0.15) is 0 Å². The highest BCUT2D eigenvalue weighted by atomic mass is 79.9. The predicted molar refractivity (Wildman–Crippen MR) is 95.7 cm³/mol. The standard InChI is InChI=1S/C19H28BrNO/c1-13(2)16-9-8-14(3)12-17(16)19(22)21-11-10-15-6-4-5-7-18(15)20/h4-7,13-14,16-17H,8-12H2,1-3H3,(H,21,22)/t14?,16-,17?/m0/s1. The number of rotatable bonds is 5. The molecule has 1 N–H and O–H groups in total. The van der Waals surface area contributed by atoms with E-state index in [-0.39, 0.29) is 11.8 Å². The Balaban J connectivity index is 1.89. The van der Waals surface area contributed by atoms with Crippen molar-refractivity contribution in [2.45, 2.75) is 46.5 Å². The summed E-state index contributed by atoms with van der Waals surface area (Å²) in [6.45, 7) is 7.50. The van der Waals surface area contributed by atoms with Crippen LogP contribution in [0.4, 0.5) is 0 Å². The average Bonchev–Trinajstić information content (AvgIpc) is 2.48. The van der Waals surface area contributed by atoms with Gasteiger partial charge in [0, 0.05) is 16.9 Å². The summed E-state index contributed by atoms with van der Waals surface area (Å²) in [5.74, 6) is 2.26. The van der Waals surface area contributed by atoms with E-state index in [1.807, 2.05) is 12.1 Å². The van der Waals surface area contributed by atoms with Crippen LogP contribution >= 0.6 is 15.9 Å². The topological polar surface area (TPSA) is 29.1 Å². The first-order chi connectivity index (χ1) is 10.5. The highest BCUT2D eigenvalue weighted by Crippen LogP contribution is 2.38. The zero-order chi connectivity index (χ0) is 16.1. The third-order valence-electron chi connectivity index (χ3n) is 5.01. The third kappa shape index (κ3) is 4.58. The van der Waals surface area contributed by atoms with Gasteiger partial charge in [0.1, 0.15) is 0 Å². The summed E-state index contributed by atoms with van der Waals surface area (Å²) in [7, 11) is 0. The van der Waals surface area contributed by atoms with Crippen molar-refractivity contribution in [2.24, 2.45) is 23.7 Å². The molecule has 1 aliphatic rings. The molecule has 0 saturated heterocycles. The van der Waals surface area contributed by atoms with Crippen LogP contribution in [0.15, 0.2) is 28.7 Å². The molecule has 0 radical (unpaired) electrons. The van der Waals surface area contributed by atoms with E-state index >= 15 is 0 Å². The van der Waals surface area contributed by atoms with Crippen molar-refractivity contribution in [3.63, 3.8) is 0 Å². The van der Waals surface area contributed by atoms with Crippen molar-refractivity contribution in [1.29, 1.82) is 0 Å². The molecule has 1 amide bonds. The fourth-order valence-corrected chi connectivity index (χ4v) is 4.14. The summed E-state index contributed by atoms with van der Waals surface area (Å²) in [5.41, 5.74) is 1.25. The summed E-state index contributed by atoms with van der Waals surface area (Å²) in [5, 5.41) is 3.17. The zero-order valence-corrected chi connectivity index (χ0v) is 15.5. The van der Waals surface area contributed by atoms with Crippen molar-refractivity contribution < 1.29 is 4.79 Å². The van der Waals surface area contributed by atoms with Gasteiger partial charge in [0.25, 0.3) is 0 Å². The second-order valence-corrected chi connectivity index (χ2v) is 7.92. The van der Waals surface area contributed by atoms with Crippen LogP contribution in [0.25, 0.3) is 0 Å². The van der Waals surface area contributed by atoms with Crippen molar-refractivity contribution in [2.75, 3.05) is 6.54 Å². The molecule has 1 aromatic rings. The molecule has 1 saturated carbocycles. The van der Waals surface area contributed by atoms with Crippen molar-refractivity contribution in [3.05, 3.63) is 34.3 Å². The molecular formula is C19H28BrNO. The van der Waals surface area contributed by atoms with Crippen LogP contribution in [0.1, 0.15) is 45.6 Å². The number of benzene rings is 1. The molecule has 0 spiro atoms. The Hall–Kier alpha value is -0.830. The number of halogens is 1. The molecule has 0 aliphatic heterocycles. The second kappa shape index (κ2) is 8.14. The Morgan fingerprint density at radius 2 is 2.05 bits per heavy atom. The van der Waals surface area contributed by atoms with Gasteiger partial charge in [-0.15, -0.1) is 0 Å². The molecule has 3 heteroatoms. The Morgan fingerprint density at radius 1 is 1.32 bits per heavy atom. The first kappa shape index (κ1) is 17.5. The van der Waals surface area contributed by atoms with E-state index in [1.165, 1.54) is 18.4 Å². The second-order valence-electron chi connectivity index (χ2n) is 7.07. The monoisotopic (exact) mass is 365 g/mol. The van der Waals surface area contributed by atoms with Crippen LogP contribution in [0.2, 0.25) is 0 Å². The van der Waals surface area contributed by atoms with Crippen LogP contribution in [0.5, 0.6) is 0 Å². The Kier molecular flexibility index (Phi) is 6.49. The maximum atomic E-state index is 12.6. The first-order valence-corrected chi connectivity index (χ1v) is 9.29. The molecule has 0 bridgehead atoms. The summed E-state index contributed by atoms with van der Waals surface area (Å²) in [6, 6.07) is 8.22. The van der Waals surface area contributed by atoms with Gasteiger partial charge in [-0.3, -0.25) is 4.79 Å². The fourth-order valence-electron chi connectivity index (χ4n) is 3.66. The Bertz CT molecular complexity index is 500. The lowest BCUT2D eigenvalue weighted by atomic mass is 9.70. The number of hydrogen-bond donors (Lipinski definition) is 1. The lowest BCUT2D eigenvalue weighted by Gasteiger charge is -2.36. The molecule has 0 aromatic heterocycles. The van der Waals surface area contributed by atoms with E-state index in [9.17, 15) is 4.79 Å². The molecule has 2 rings (SSSR count). The minimum absolute atomic E-state index is 0.197. The zero-order valence-electron chi connectivity index (χ0n) is 13.9. The van der Waals surface area contributed by atoms with Crippen LogP contribution in [0.3, 0.4) is 0 Å². The third-order valence-corrected chi connectivity index (χ3v) is 5.78. The maximum absolute atomic E-state index is 12.6. The minimum atomic E-state index is 0.197. The Labute approximate surface area is 143 Å². The normalized spacial score (nSPS) is 25.2. The van der Waals surface area contributed by atoms with E-state index in [0.29, 0.717) is 17.8 Å². The van der Waals surface area contributed by atoms with Crippen molar-refractivity contribution in [1.82, 2.24) is 5.32 Å². The van der Waals surface area contributed by atoms with E-state index < -0.39 is 0 Å². The minimum Gasteiger partial charge on any atom is -0.356 e. The molecule has 22 heavy (non-hydrogen) atoms. The predicted octanol–water partition coefficient (Wildman–Crippen LogP) is 4.82. The van der Waals surface area contributed by atoms with Crippen molar-refractivity contribution >= 4 is 21.8 Å². The lowest BCUT2D eigenvalue weighted by Crippen LogP contribution is -2.40. The van der Waals surface area contributed by atoms with Gasteiger partial charge >= 0.3 is 0 Å². The van der Waals surface area contributed by atoms with Gasteiger partial charge in [0.05, 0.1) is 0 Å². The quantitative estimate of drug-likeness (QED) is 0.796. The van der Waals surface area contributed by atoms with Crippen LogP contribution in [-0.2, 0) is 11.2 Å². The summed E-state index contributed by atoms with van der Waals surface area (Å²) >= 11 is 3.56. The first-order valence-electron chi connectivity index (χ1n) is 8.50. The van der Waals surface area contributed by atoms with Crippen LogP contribution in [0, 0.1) is 23.7 Å². The molecule has 2 unspecified atom stereocenters. The SMILES string of the molecule is CC1CC[C@@H](C(C)C)C(C(=O)NCCc2ccccc2Br)C1. The molecular weight excluding hydrogens is 338 g/mol. The van der Waals surface area contributed by atoms with Gasteiger partial charge in [-0.25, -0.2) is 0 Å². The van der Waals surface area contributed by atoms with Gasteiger partial charge in [0.2, 0.25) is 5.91 Å². The summed E-state index contributed by atoms with van der Waals surface area (Å²) < 4.78 is 1.12. The fraction of sp³-hybridized carbons (Fsp3) is 0.632. The number of amides is 1. The molecule has 1 fully saturated rings. The average molecular weight is 366 g/mol. The largest absolute Gasteiger partial charge is 0.356 e. The van der Waals surface area contributed by atoms with Gasteiger partial charge in [-0.1, -0.05) is 61.3 Å².